The maximum absolute atomic E-state index is 12.5. The Balaban J connectivity index is 1.68. The van der Waals surface area contributed by atoms with Crippen molar-refractivity contribution in [1.82, 2.24) is 9.88 Å². The van der Waals surface area contributed by atoms with Crippen LogP contribution < -0.4 is 10.1 Å². The molecule has 0 atom stereocenters. The minimum absolute atomic E-state index is 0.164. The number of methoxy groups -OCH3 is 1. The third-order valence-corrected chi connectivity index (χ3v) is 3.71. The molecule has 120 valence electrons. The van der Waals surface area contributed by atoms with Crippen molar-refractivity contribution in [2.75, 3.05) is 12.4 Å². The van der Waals surface area contributed by atoms with Gasteiger partial charge in [0, 0.05) is 18.7 Å². The van der Waals surface area contributed by atoms with Crippen molar-refractivity contribution in [2.45, 2.75) is 25.4 Å². The highest BCUT2D eigenvalue weighted by atomic mass is 16.5. The van der Waals surface area contributed by atoms with Gasteiger partial charge in [-0.3, -0.25) is 0 Å². The van der Waals surface area contributed by atoms with Crippen molar-refractivity contribution >= 4 is 11.7 Å². The molecular formula is C17H19N3O3. The molecule has 6 nitrogen and oxygen atoms in total. The Morgan fingerprint density at radius 3 is 2.83 bits per heavy atom. The molecule has 1 fully saturated rings. The van der Waals surface area contributed by atoms with Gasteiger partial charge < -0.3 is 20.1 Å². The number of benzene rings is 1. The van der Waals surface area contributed by atoms with Gasteiger partial charge >= 0.3 is 6.03 Å². The van der Waals surface area contributed by atoms with Crippen molar-refractivity contribution in [3.05, 3.63) is 48.2 Å². The largest absolute Gasteiger partial charge is 0.508 e. The van der Waals surface area contributed by atoms with E-state index >= 15 is 0 Å². The number of hydrogen-bond donors (Lipinski definition) is 2. The van der Waals surface area contributed by atoms with Crippen molar-refractivity contribution in [3.63, 3.8) is 0 Å². The lowest BCUT2D eigenvalue weighted by Gasteiger charge is -2.23. The lowest BCUT2D eigenvalue weighted by atomic mass is 10.2. The van der Waals surface area contributed by atoms with E-state index in [4.69, 9.17) is 4.74 Å². The van der Waals surface area contributed by atoms with E-state index in [2.05, 4.69) is 10.3 Å². The molecule has 1 aliphatic rings. The molecule has 1 saturated carbocycles. The number of urea groups is 1. The summed E-state index contributed by atoms with van der Waals surface area (Å²) in [7, 11) is 1.55. The van der Waals surface area contributed by atoms with Crippen LogP contribution in [-0.4, -0.2) is 34.2 Å². The summed E-state index contributed by atoms with van der Waals surface area (Å²) in [5.41, 5.74) is 1.53. The molecule has 0 aliphatic heterocycles. The molecule has 23 heavy (non-hydrogen) atoms. The summed E-state index contributed by atoms with van der Waals surface area (Å²) in [6, 6.07) is 10.5. The second-order valence-corrected chi connectivity index (χ2v) is 5.55. The number of carbonyl (C=O) groups excluding carboxylic acids is 1. The molecule has 0 spiro atoms. The van der Waals surface area contributed by atoms with Crippen LogP contribution in [-0.2, 0) is 6.54 Å². The summed E-state index contributed by atoms with van der Waals surface area (Å²) in [6.07, 6.45) is 3.58. The van der Waals surface area contributed by atoms with Gasteiger partial charge in [-0.05, 0) is 36.6 Å². The highest BCUT2D eigenvalue weighted by molar-refractivity contribution is 5.89. The Bertz CT molecular complexity index is 684. The van der Waals surface area contributed by atoms with Crippen LogP contribution in [0, 0.1) is 0 Å². The number of amides is 2. The average molecular weight is 313 g/mol. The Morgan fingerprint density at radius 1 is 1.39 bits per heavy atom. The molecule has 1 heterocycles. The number of ether oxygens (including phenoxy) is 1. The summed E-state index contributed by atoms with van der Waals surface area (Å²) in [4.78, 5) is 18.4. The van der Waals surface area contributed by atoms with E-state index < -0.39 is 0 Å². The Kier molecular flexibility index (Phi) is 4.32. The predicted octanol–water partition coefficient (Wildman–Crippen LogP) is 2.99. The van der Waals surface area contributed by atoms with Crippen LogP contribution in [0.25, 0.3) is 0 Å². The maximum atomic E-state index is 12.5. The fraction of sp³-hybridized carbons (Fsp3) is 0.294. The molecule has 0 bridgehead atoms. The van der Waals surface area contributed by atoms with Gasteiger partial charge in [0.1, 0.15) is 5.75 Å². The number of nitrogens with one attached hydrogen (secondary N) is 1. The highest BCUT2D eigenvalue weighted by Crippen LogP contribution is 2.29. The van der Waals surface area contributed by atoms with Crippen molar-refractivity contribution in [1.29, 1.82) is 0 Å². The lowest BCUT2D eigenvalue weighted by Crippen LogP contribution is -2.36. The summed E-state index contributed by atoms with van der Waals surface area (Å²) in [5.74, 6) is 0.708. The normalized spacial score (nSPS) is 13.4. The van der Waals surface area contributed by atoms with Crippen LogP contribution in [0.5, 0.6) is 11.6 Å². The van der Waals surface area contributed by atoms with Crippen LogP contribution >= 0.6 is 0 Å². The van der Waals surface area contributed by atoms with E-state index in [1.165, 1.54) is 0 Å². The van der Waals surface area contributed by atoms with E-state index in [1.807, 2.05) is 6.07 Å². The van der Waals surface area contributed by atoms with Gasteiger partial charge in [-0.2, -0.15) is 0 Å². The van der Waals surface area contributed by atoms with Crippen molar-refractivity contribution < 1.29 is 14.6 Å². The third kappa shape index (κ3) is 3.91. The molecule has 6 heteroatoms. The van der Waals surface area contributed by atoms with E-state index in [9.17, 15) is 9.90 Å². The van der Waals surface area contributed by atoms with Crippen LogP contribution in [0.4, 0.5) is 10.5 Å². The van der Waals surface area contributed by atoms with Gasteiger partial charge in [0.2, 0.25) is 5.88 Å². The Labute approximate surface area is 134 Å². The number of nitrogens with zero attached hydrogens (tertiary/aromatic N) is 2. The number of carbonyl (C=O) groups is 1. The summed E-state index contributed by atoms with van der Waals surface area (Å²) in [6.45, 7) is 0.467. The molecule has 1 aromatic carbocycles. The van der Waals surface area contributed by atoms with Crippen LogP contribution in [0.3, 0.4) is 0 Å². The summed E-state index contributed by atoms with van der Waals surface area (Å²) < 4.78 is 5.00. The molecule has 0 unspecified atom stereocenters. The number of hydrogen-bond acceptors (Lipinski definition) is 4. The first kappa shape index (κ1) is 15.1. The third-order valence-electron chi connectivity index (χ3n) is 3.71. The molecule has 2 aromatic rings. The quantitative estimate of drug-likeness (QED) is 0.890. The van der Waals surface area contributed by atoms with E-state index in [0.29, 0.717) is 18.1 Å². The minimum atomic E-state index is -0.164. The van der Waals surface area contributed by atoms with E-state index in [-0.39, 0.29) is 17.8 Å². The zero-order chi connectivity index (χ0) is 16.2. The lowest BCUT2D eigenvalue weighted by molar-refractivity contribution is 0.206. The molecule has 1 aromatic heterocycles. The van der Waals surface area contributed by atoms with Gasteiger partial charge in [-0.15, -0.1) is 0 Å². The molecule has 0 radical (unpaired) electrons. The number of phenols is 1. The smallest absolute Gasteiger partial charge is 0.322 e. The predicted molar refractivity (Wildman–Crippen MR) is 86.5 cm³/mol. The summed E-state index contributed by atoms with van der Waals surface area (Å²) in [5, 5.41) is 12.4. The van der Waals surface area contributed by atoms with Gasteiger partial charge in [0.15, 0.2) is 0 Å². The molecule has 1 aliphatic carbocycles. The number of aromatic hydroxyl groups is 1. The topological polar surface area (TPSA) is 74.7 Å². The number of rotatable bonds is 5. The van der Waals surface area contributed by atoms with Gasteiger partial charge in [0.25, 0.3) is 0 Å². The van der Waals surface area contributed by atoms with Crippen LogP contribution in [0.15, 0.2) is 42.6 Å². The Morgan fingerprint density at radius 2 is 2.22 bits per heavy atom. The van der Waals surface area contributed by atoms with Gasteiger partial charge in [-0.25, -0.2) is 9.78 Å². The zero-order valence-electron chi connectivity index (χ0n) is 12.9. The first-order chi connectivity index (χ1) is 11.2. The van der Waals surface area contributed by atoms with Crippen molar-refractivity contribution in [2.24, 2.45) is 0 Å². The number of anilines is 1. The summed E-state index contributed by atoms with van der Waals surface area (Å²) >= 11 is 0. The molecule has 3 rings (SSSR count). The van der Waals surface area contributed by atoms with Crippen LogP contribution in [0.2, 0.25) is 0 Å². The molecule has 2 amide bonds. The van der Waals surface area contributed by atoms with Crippen molar-refractivity contribution in [3.8, 4) is 11.6 Å². The fourth-order valence-corrected chi connectivity index (χ4v) is 2.37. The minimum Gasteiger partial charge on any atom is -0.508 e. The Hall–Kier alpha value is -2.76. The number of phenolic OH excluding ortho intramolecular Hbond substituents is 1. The van der Waals surface area contributed by atoms with Crippen LogP contribution in [0.1, 0.15) is 18.4 Å². The van der Waals surface area contributed by atoms with Gasteiger partial charge in [-0.1, -0.05) is 12.1 Å². The van der Waals surface area contributed by atoms with E-state index in [1.54, 1.807) is 48.5 Å². The zero-order valence-corrected chi connectivity index (χ0v) is 12.9. The van der Waals surface area contributed by atoms with Gasteiger partial charge in [0.05, 0.1) is 19.0 Å². The first-order valence-electron chi connectivity index (χ1n) is 7.51. The van der Waals surface area contributed by atoms with E-state index in [0.717, 1.165) is 18.4 Å². The molecule has 2 N–H and O–H groups in total. The number of aromatic nitrogens is 1. The standard InChI is InChI=1S/C17H19N3O3/c1-23-16-8-5-13(10-18-16)19-17(22)20(14-6-7-14)11-12-3-2-4-15(21)9-12/h2-5,8-10,14,21H,6-7,11H2,1H3,(H,19,22). The molecular weight excluding hydrogens is 294 g/mol. The first-order valence-corrected chi connectivity index (χ1v) is 7.51. The monoisotopic (exact) mass is 313 g/mol. The number of pyridine rings is 1. The second kappa shape index (κ2) is 6.56. The highest BCUT2D eigenvalue weighted by Gasteiger charge is 2.32. The fourth-order valence-electron chi connectivity index (χ4n) is 2.37. The average Bonchev–Trinajstić information content (AvgIpc) is 3.38. The maximum Gasteiger partial charge on any atom is 0.322 e. The second-order valence-electron chi connectivity index (χ2n) is 5.55. The SMILES string of the molecule is COc1ccc(NC(=O)N(Cc2cccc(O)c2)C2CC2)cn1. The molecule has 0 saturated heterocycles.